The first kappa shape index (κ1) is 8.20. The zero-order chi connectivity index (χ0) is 9.10. The lowest BCUT2D eigenvalue weighted by Crippen LogP contribution is -2.13. The van der Waals surface area contributed by atoms with Crippen LogP contribution >= 0.6 is 11.6 Å². The van der Waals surface area contributed by atoms with Crippen molar-refractivity contribution in [2.24, 2.45) is 0 Å². The Morgan fingerprint density at radius 3 is 2.62 bits per heavy atom. The van der Waals surface area contributed by atoms with Crippen LogP contribution in [-0.4, -0.2) is 0 Å². The molecule has 0 saturated carbocycles. The summed E-state index contributed by atoms with van der Waals surface area (Å²) in [4.78, 5) is 4.93. The summed E-state index contributed by atoms with van der Waals surface area (Å²) < 4.78 is 0. The molecule has 1 aromatic carbocycles. The summed E-state index contributed by atoms with van der Waals surface area (Å²) in [6.45, 7) is 0. The highest BCUT2D eigenvalue weighted by Gasteiger charge is 2.08. The molecule has 1 N–H and O–H groups in total. The van der Waals surface area contributed by atoms with E-state index in [1.807, 2.05) is 30.3 Å². The van der Waals surface area contributed by atoms with Crippen LogP contribution in [0, 0.1) is 0 Å². The van der Waals surface area contributed by atoms with E-state index < -0.39 is 0 Å². The lowest BCUT2D eigenvalue weighted by atomic mass is 10.1. The predicted octanol–water partition coefficient (Wildman–Crippen LogP) is 2.64. The van der Waals surface area contributed by atoms with Crippen molar-refractivity contribution in [2.45, 2.75) is 0 Å². The van der Waals surface area contributed by atoms with Gasteiger partial charge < -0.3 is 4.84 Å². The number of hydrogen-bond donors (Lipinski definition) is 1. The van der Waals surface area contributed by atoms with Gasteiger partial charge in [0.1, 0.15) is 6.26 Å². The first-order chi connectivity index (χ1) is 6.38. The smallest absolute Gasteiger partial charge is 0.120 e. The third kappa shape index (κ3) is 1.68. The Morgan fingerprint density at radius 2 is 1.92 bits per heavy atom. The summed E-state index contributed by atoms with van der Waals surface area (Å²) in [5, 5.41) is 0.650. The van der Waals surface area contributed by atoms with Crippen LogP contribution < -0.4 is 5.48 Å². The Labute approximate surface area is 81.4 Å². The van der Waals surface area contributed by atoms with Crippen LogP contribution in [0.2, 0.25) is 0 Å². The molecule has 0 fully saturated rings. The zero-order valence-electron chi connectivity index (χ0n) is 6.83. The molecule has 1 aliphatic heterocycles. The van der Waals surface area contributed by atoms with Gasteiger partial charge in [0.05, 0.1) is 10.7 Å². The maximum atomic E-state index is 5.97. The Hall–Kier alpha value is -1.41. The van der Waals surface area contributed by atoms with E-state index in [0.29, 0.717) is 5.03 Å². The minimum Gasteiger partial charge on any atom is -0.390 e. The molecular formula is C10H8ClNO. The minimum absolute atomic E-state index is 0.650. The van der Waals surface area contributed by atoms with Gasteiger partial charge in [-0.25, -0.2) is 5.48 Å². The van der Waals surface area contributed by atoms with Crippen molar-refractivity contribution in [3.8, 4) is 0 Å². The third-order valence-electron chi connectivity index (χ3n) is 1.74. The van der Waals surface area contributed by atoms with E-state index in [1.165, 1.54) is 6.26 Å². The van der Waals surface area contributed by atoms with Gasteiger partial charge in [-0.1, -0.05) is 41.9 Å². The van der Waals surface area contributed by atoms with Gasteiger partial charge >= 0.3 is 0 Å². The number of hydroxylamine groups is 1. The van der Waals surface area contributed by atoms with Gasteiger partial charge in [-0.15, -0.1) is 0 Å². The standard InChI is InChI=1S/C10H8ClNO/c11-9-6-7-13-12-10(9)8-4-2-1-3-5-8/h1-7,12H. The second kappa shape index (κ2) is 3.54. The van der Waals surface area contributed by atoms with Crippen LogP contribution in [0.1, 0.15) is 5.56 Å². The maximum Gasteiger partial charge on any atom is 0.120 e. The first-order valence-electron chi connectivity index (χ1n) is 3.91. The zero-order valence-corrected chi connectivity index (χ0v) is 7.58. The molecule has 0 radical (unpaired) electrons. The van der Waals surface area contributed by atoms with E-state index in [4.69, 9.17) is 16.4 Å². The molecule has 0 aromatic heterocycles. The van der Waals surface area contributed by atoms with Crippen LogP contribution in [0.5, 0.6) is 0 Å². The second-order valence-corrected chi connectivity index (χ2v) is 3.02. The lowest BCUT2D eigenvalue weighted by Gasteiger charge is -2.14. The van der Waals surface area contributed by atoms with Gasteiger partial charge in [-0.3, -0.25) is 0 Å². The predicted molar refractivity (Wildman–Crippen MR) is 52.6 cm³/mol. The lowest BCUT2D eigenvalue weighted by molar-refractivity contribution is 0.181. The topological polar surface area (TPSA) is 21.3 Å². The van der Waals surface area contributed by atoms with Gasteiger partial charge in [0.2, 0.25) is 0 Å². The molecule has 0 aliphatic carbocycles. The Morgan fingerprint density at radius 1 is 1.15 bits per heavy atom. The molecule has 1 heterocycles. The van der Waals surface area contributed by atoms with Crippen molar-refractivity contribution in [3.05, 3.63) is 53.3 Å². The molecular weight excluding hydrogens is 186 g/mol. The number of hydrogen-bond acceptors (Lipinski definition) is 2. The highest BCUT2D eigenvalue weighted by Crippen LogP contribution is 2.21. The molecule has 1 aromatic rings. The van der Waals surface area contributed by atoms with Crippen molar-refractivity contribution in [1.82, 2.24) is 5.48 Å². The second-order valence-electron chi connectivity index (χ2n) is 2.61. The molecule has 1 aliphatic rings. The Balaban J connectivity index is 2.41. The summed E-state index contributed by atoms with van der Waals surface area (Å²) in [7, 11) is 0. The molecule has 0 saturated heterocycles. The van der Waals surface area contributed by atoms with Gasteiger partial charge in [-0.05, 0) is 6.08 Å². The van der Waals surface area contributed by atoms with Crippen LogP contribution in [0.25, 0.3) is 5.70 Å². The van der Waals surface area contributed by atoms with Crippen molar-refractivity contribution >= 4 is 17.3 Å². The SMILES string of the molecule is ClC1=C(c2ccccc2)NOC=C1. The number of rotatable bonds is 1. The summed E-state index contributed by atoms with van der Waals surface area (Å²) in [5.41, 5.74) is 4.55. The molecule has 3 heteroatoms. The summed E-state index contributed by atoms with van der Waals surface area (Å²) >= 11 is 5.97. The van der Waals surface area contributed by atoms with Crippen molar-refractivity contribution < 1.29 is 4.84 Å². The maximum absolute atomic E-state index is 5.97. The largest absolute Gasteiger partial charge is 0.390 e. The molecule has 0 bridgehead atoms. The van der Waals surface area contributed by atoms with E-state index in [9.17, 15) is 0 Å². The average Bonchev–Trinajstić information content (AvgIpc) is 2.20. The van der Waals surface area contributed by atoms with Crippen LogP contribution in [-0.2, 0) is 4.84 Å². The van der Waals surface area contributed by atoms with E-state index in [0.717, 1.165) is 11.3 Å². The number of benzene rings is 1. The molecule has 2 nitrogen and oxygen atoms in total. The van der Waals surface area contributed by atoms with Crippen LogP contribution in [0.15, 0.2) is 47.7 Å². The van der Waals surface area contributed by atoms with Crippen molar-refractivity contribution in [1.29, 1.82) is 0 Å². The van der Waals surface area contributed by atoms with Crippen molar-refractivity contribution in [2.75, 3.05) is 0 Å². The third-order valence-corrected chi connectivity index (χ3v) is 2.06. The van der Waals surface area contributed by atoms with Crippen molar-refractivity contribution in [3.63, 3.8) is 0 Å². The minimum atomic E-state index is 0.650. The van der Waals surface area contributed by atoms with E-state index in [-0.39, 0.29) is 0 Å². The van der Waals surface area contributed by atoms with E-state index in [2.05, 4.69) is 5.48 Å². The number of nitrogens with one attached hydrogen (secondary N) is 1. The van der Waals surface area contributed by atoms with Gasteiger partial charge in [-0.2, -0.15) is 0 Å². The summed E-state index contributed by atoms with van der Waals surface area (Å²) in [5.74, 6) is 0. The highest BCUT2D eigenvalue weighted by atomic mass is 35.5. The van der Waals surface area contributed by atoms with Gasteiger partial charge in [0.15, 0.2) is 0 Å². The number of allylic oxidation sites excluding steroid dienone is 2. The quantitative estimate of drug-likeness (QED) is 0.741. The highest BCUT2D eigenvalue weighted by molar-refractivity contribution is 6.34. The van der Waals surface area contributed by atoms with Crippen LogP contribution in [0.3, 0.4) is 0 Å². The summed E-state index contributed by atoms with van der Waals surface area (Å²) in [6.07, 6.45) is 3.22. The van der Waals surface area contributed by atoms with Gasteiger partial charge in [0.25, 0.3) is 0 Å². The summed E-state index contributed by atoms with van der Waals surface area (Å²) in [6, 6.07) is 9.79. The van der Waals surface area contributed by atoms with Crippen LogP contribution in [0.4, 0.5) is 0 Å². The molecule has 66 valence electrons. The van der Waals surface area contributed by atoms with Gasteiger partial charge in [0, 0.05) is 5.56 Å². The average molecular weight is 194 g/mol. The first-order valence-corrected chi connectivity index (χ1v) is 4.29. The fourth-order valence-electron chi connectivity index (χ4n) is 1.12. The molecule has 0 spiro atoms. The Kier molecular flexibility index (Phi) is 2.23. The van der Waals surface area contributed by atoms with E-state index in [1.54, 1.807) is 6.08 Å². The molecule has 0 amide bonds. The normalized spacial score (nSPS) is 15.2. The fraction of sp³-hybridized carbons (Fsp3) is 0. The molecule has 2 rings (SSSR count). The fourth-order valence-corrected chi connectivity index (χ4v) is 1.32. The Bertz CT molecular complexity index is 356. The number of halogens is 1. The molecule has 0 unspecified atom stereocenters. The van der Waals surface area contributed by atoms with E-state index >= 15 is 0 Å². The molecule has 13 heavy (non-hydrogen) atoms. The monoisotopic (exact) mass is 193 g/mol. The molecule has 0 atom stereocenters.